The van der Waals surface area contributed by atoms with Crippen molar-refractivity contribution in [1.29, 1.82) is 0 Å². The maximum absolute atomic E-state index is 13.3. The minimum atomic E-state index is -0.508. The SMILES string of the molecule is O=C(NCCC(=O)N1CCN(C(=O)c2ccco2)CC1)c1cc(F)ccc1Br. The maximum Gasteiger partial charge on any atom is 0.289 e. The minimum Gasteiger partial charge on any atom is -0.459 e. The molecule has 1 aliphatic rings. The second-order valence-corrected chi connectivity index (χ2v) is 7.13. The lowest BCUT2D eigenvalue weighted by atomic mass is 10.2. The lowest BCUT2D eigenvalue weighted by Crippen LogP contribution is -2.51. The second kappa shape index (κ2) is 9.01. The Labute approximate surface area is 169 Å². The van der Waals surface area contributed by atoms with Crippen molar-refractivity contribution in [3.8, 4) is 0 Å². The molecule has 2 aromatic rings. The van der Waals surface area contributed by atoms with E-state index in [1.54, 1.807) is 21.9 Å². The van der Waals surface area contributed by atoms with E-state index >= 15 is 0 Å². The van der Waals surface area contributed by atoms with E-state index < -0.39 is 11.7 Å². The van der Waals surface area contributed by atoms with Gasteiger partial charge in [0, 0.05) is 43.6 Å². The molecule has 0 atom stereocenters. The van der Waals surface area contributed by atoms with E-state index in [0.29, 0.717) is 30.7 Å². The Kier molecular flexibility index (Phi) is 6.45. The normalized spacial score (nSPS) is 14.1. The van der Waals surface area contributed by atoms with Gasteiger partial charge in [-0.15, -0.1) is 0 Å². The number of furan rings is 1. The Hall–Kier alpha value is -2.68. The first-order valence-corrected chi connectivity index (χ1v) is 9.59. The Bertz CT molecular complexity index is 864. The molecule has 0 saturated carbocycles. The molecule has 0 spiro atoms. The molecule has 0 unspecified atom stereocenters. The van der Waals surface area contributed by atoms with E-state index in [0.717, 1.165) is 6.07 Å². The first-order valence-electron chi connectivity index (χ1n) is 8.79. The lowest BCUT2D eigenvalue weighted by molar-refractivity contribution is -0.132. The number of benzene rings is 1. The number of hydrogen-bond donors (Lipinski definition) is 1. The largest absolute Gasteiger partial charge is 0.459 e. The molecule has 0 aliphatic carbocycles. The van der Waals surface area contributed by atoms with Crippen molar-refractivity contribution in [2.75, 3.05) is 32.7 Å². The zero-order valence-corrected chi connectivity index (χ0v) is 16.6. The van der Waals surface area contributed by atoms with Gasteiger partial charge in [-0.2, -0.15) is 0 Å². The topological polar surface area (TPSA) is 82.9 Å². The summed E-state index contributed by atoms with van der Waals surface area (Å²) < 4.78 is 18.9. The molecule has 3 rings (SSSR count). The molecule has 7 nitrogen and oxygen atoms in total. The number of nitrogens with zero attached hydrogens (tertiary/aromatic N) is 2. The Balaban J connectivity index is 1.43. The number of piperazine rings is 1. The summed E-state index contributed by atoms with van der Waals surface area (Å²) in [6.07, 6.45) is 1.58. The van der Waals surface area contributed by atoms with Crippen LogP contribution in [0.1, 0.15) is 27.3 Å². The summed E-state index contributed by atoms with van der Waals surface area (Å²) in [6.45, 7) is 1.84. The van der Waals surface area contributed by atoms with Gasteiger partial charge in [-0.1, -0.05) is 0 Å². The Morgan fingerprint density at radius 3 is 2.50 bits per heavy atom. The highest BCUT2D eigenvalue weighted by atomic mass is 79.9. The van der Waals surface area contributed by atoms with Crippen LogP contribution in [0.3, 0.4) is 0 Å². The van der Waals surface area contributed by atoms with E-state index in [9.17, 15) is 18.8 Å². The standard InChI is InChI=1S/C19H19BrFN3O4/c20-15-4-3-13(21)12-14(15)18(26)22-6-5-17(25)23-7-9-24(10-8-23)19(27)16-2-1-11-28-16/h1-4,11-12H,5-10H2,(H,22,26). The molecule has 148 valence electrons. The zero-order valence-electron chi connectivity index (χ0n) is 15.0. The van der Waals surface area contributed by atoms with E-state index in [1.165, 1.54) is 18.4 Å². The molecule has 1 fully saturated rings. The van der Waals surface area contributed by atoms with Crippen LogP contribution in [-0.2, 0) is 4.79 Å². The third-order valence-electron chi connectivity index (χ3n) is 4.45. The third kappa shape index (κ3) is 4.78. The molecule has 0 radical (unpaired) electrons. The fraction of sp³-hybridized carbons (Fsp3) is 0.316. The molecule has 1 aromatic carbocycles. The van der Waals surface area contributed by atoms with Crippen LogP contribution in [0.4, 0.5) is 4.39 Å². The van der Waals surface area contributed by atoms with Gasteiger partial charge in [-0.05, 0) is 46.3 Å². The highest BCUT2D eigenvalue weighted by molar-refractivity contribution is 9.10. The Morgan fingerprint density at radius 1 is 1.11 bits per heavy atom. The molecule has 3 amide bonds. The molecule has 1 aliphatic heterocycles. The molecule has 1 saturated heterocycles. The van der Waals surface area contributed by atoms with Gasteiger partial charge in [0.15, 0.2) is 5.76 Å². The highest BCUT2D eigenvalue weighted by Crippen LogP contribution is 2.17. The van der Waals surface area contributed by atoms with Crippen molar-refractivity contribution in [2.24, 2.45) is 0 Å². The van der Waals surface area contributed by atoms with Gasteiger partial charge in [0.25, 0.3) is 11.8 Å². The van der Waals surface area contributed by atoms with Gasteiger partial charge in [-0.3, -0.25) is 14.4 Å². The van der Waals surface area contributed by atoms with E-state index in [4.69, 9.17) is 4.42 Å². The first kappa shape index (κ1) is 20.1. The third-order valence-corrected chi connectivity index (χ3v) is 5.14. The average molecular weight is 452 g/mol. The van der Waals surface area contributed by atoms with Crippen LogP contribution in [-0.4, -0.2) is 60.2 Å². The van der Waals surface area contributed by atoms with Gasteiger partial charge in [-0.25, -0.2) is 4.39 Å². The zero-order chi connectivity index (χ0) is 20.1. The Morgan fingerprint density at radius 2 is 1.82 bits per heavy atom. The first-order chi connectivity index (χ1) is 13.5. The molecule has 0 bridgehead atoms. The van der Waals surface area contributed by atoms with Crippen LogP contribution < -0.4 is 5.32 Å². The predicted molar refractivity (Wildman–Crippen MR) is 102 cm³/mol. The molecular formula is C19H19BrFN3O4. The van der Waals surface area contributed by atoms with Gasteiger partial charge < -0.3 is 19.5 Å². The highest BCUT2D eigenvalue weighted by Gasteiger charge is 2.25. The molecule has 1 aromatic heterocycles. The van der Waals surface area contributed by atoms with Crippen molar-refractivity contribution in [3.63, 3.8) is 0 Å². The molecular weight excluding hydrogens is 433 g/mol. The predicted octanol–water partition coefficient (Wildman–Crippen LogP) is 2.29. The number of rotatable bonds is 5. The van der Waals surface area contributed by atoms with Crippen LogP contribution in [0.25, 0.3) is 0 Å². The molecule has 1 N–H and O–H groups in total. The summed E-state index contributed by atoms with van der Waals surface area (Å²) in [7, 11) is 0. The molecule has 2 heterocycles. The lowest BCUT2D eigenvalue weighted by Gasteiger charge is -2.34. The van der Waals surface area contributed by atoms with Crippen LogP contribution >= 0.6 is 15.9 Å². The summed E-state index contributed by atoms with van der Waals surface area (Å²) in [6, 6.07) is 7.11. The smallest absolute Gasteiger partial charge is 0.289 e. The van der Waals surface area contributed by atoms with Crippen LogP contribution in [0.15, 0.2) is 45.5 Å². The number of amides is 3. The maximum atomic E-state index is 13.3. The van der Waals surface area contributed by atoms with Crippen LogP contribution in [0, 0.1) is 5.82 Å². The van der Waals surface area contributed by atoms with Gasteiger partial charge in [0.05, 0.1) is 11.8 Å². The fourth-order valence-electron chi connectivity index (χ4n) is 2.92. The van der Waals surface area contributed by atoms with Crippen molar-refractivity contribution >= 4 is 33.7 Å². The van der Waals surface area contributed by atoms with Crippen molar-refractivity contribution < 1.29 is 23.2 Å². The number of carbonyl (C=O) groups is 3. The minimum absolute atomic E-state index is 0.108. The monoisotopic (exact) mass is 451 g/mol. The summed E-state index contributed by atoms with van der Waals surface area (Å²) >= 11 is 3.20. The number of halogens is 2. The van der Waals surface area contributed by atoms with Crippen molar-refractivity contribution in [2.45, 2.75) is 6.42 Å². The number of carbonyl (C=O) groups excluding carboxylic acids is 3. The summed E-state index contributed by atoms with van der Waals surface area (Å²) in [5, 5.41) is 2.62. The van der Waals surface area contributed by atoms with Gasteiger partial charge >= 0.3 is 0 Å². The fourth-order valence-corrected chi connectivity index (χ4v) is 3.35. The van der Waals surface area contributed by atoms with Crippen LogP contribution in [0.2, 0.25) is 0 Å². The second-order valence-electron chi connectivity index (χ2n) is 6.28. The van der Waals surface area contributed by atoms with Crippen molar-refractivity contribution in [3.05, 3.63) is 58.2 Å². The van der Waals surface area contributed by atoms with E-state index in [2.05, 4.69) is 21.2 Å². The summed E-state index contributed by atoms with van der Waals surface area (Å²) in [5.74, 6) is -0.973. The quantitative estimate of drug-likeness (QED) is 0.755. The summed E-state index contributed by atoms with van der Waals surface area (Å²) in [4.78, 5) is 40.0. The van der Waals surface area contributed by atoms with Gasteiger partial charge in [0.2, 0.25) is 5.91 Å². The van der Waals surface area contributed by atoms with Crippen LogP contribution in [0.5, 0.6) is 0 Å². The van der Waals surface area contributed by atoms with E-state index in [1.807, 2.05) is 0 Å². The number of hydrogen-bond acceptors (Lipinski definition) is 4. The average Bonchev–Trinajstić information content (AvgIpc) is 3.24. The van der Waals surface area contributed by atoms with Crippen molar-refractivity contribution in [1.82, 2.24) is 15.1 Å². The number of nitrogens with one attached hydrogen (secondary N) is 1. The van der Waals surface area contributed by atoms with Gasteiger partial charge in [0.1, 0.15) is 5.82 Å². The van der Waals surface area contributed by atoms with E-state index in [-0.39, 0.29) is 36.1 Å². The summed E-state index contributed by atoms with van der Waals surface area (Å²) in [5.41, 5.74) is 0.178. The molecule has 28 heavy (non-hydrogen) atoms. The molecule has 9 heteroatoms.